The van der Waals surface area contributed by atoms with Gasteiger partial charge in [0.1, 0.15) is 18.5 Å². The lowest BCUT2D eigenvalue weighted by Gasteiger charge is -2.38. The van der Waals surface area contributed by atoms with Crippen molar-refractivity contribution < 1.29 is 14.6 Å². The van der Waals surface area contributed by atoms with Gasteiger partial charge < -0.3 is 25.0 Å². The van der Waals surface area contributed by atoms with E-state index in [-0.39, 0.29) is 5.91 Å². The Morgan fingerprint density at radius 1 is 1.02 bits per heavy atom. The third-order valence-electron chi connectivity index (χ3n) is 7.62. The van der Waals surface area contributed by atoms with Crippen LogP contribution in [0.2, 0.25) is 0 Å². The number of hydrogen-bond donors (Lipinski definition) is 2. The zero-order valence-corrected chi connectivity index (χ0v) is 26.3. The maximum Gasteiger partial charge on any atom is 0.226 e. The number of aliphatic hydroxyl groups excluding tert-OH is 1. The lowest BCUT2D eigenvalue weighted by atomic mass is 10.0. The first-order chi connectivity index (χ1) is 20.9. The molecule has 1 unspecified atom stereocenters. The van der Waals surface area contributed by atoms with E-state index in [0.29, 0.717) is 31.7 Å². The minimum atomic E-state index is -0.496. The van der Waals surface area contributed by atoms with Gasteiger partial charge in [-0.15, -0.1) is 6.58 Å². The van der Waals surface area contributed by atoms with Gasteiger partial charge in [0.2, 0.25) is 5.91 Å². The zero-order valence-electron chi connectivity index (χ0n) is 26.3. The Morgan fingerprint density at radius 3 is 2.28 bits per heavy atom. The summed E-state index contributed by atoms with van der Waals surface area (Å²) in [5.41, 5.74) is 3.53. The van der Waals surface area contributed by atoms with Crippen molar-refractivity contribution in [3.63, 3.8) is 0 Å². The van der Waals surface area contributed by atoms with Crippen LogP contribution >= 0.6 is 0 Å². The van der Waals surface area contributed by atoms with Crippen LogP contribution in [0.15, 0.2) is 97.6 Å². The molecule has 0 aliphatic carbocycles. The molecule has 1 aliphatic heterocycles. The summed E-state index contributed by atoms with van der Waals surface area (Å²) in [6, 6.07) is 29.3. The molecule has 0 radical (unpaired) electrons. The Morgan fingerprint density at radius 2 is 1.65 bits per heavy atom. The number of aliphatic hydroxyl groups is 1. The fourth-order valence-electron chi connectivity index (χ4n) is 5.24. The first-order valence-corrected chi connectivity index (χ1v) is 15.8. The van der Waals surface area contributed by atoms with Crippen LogP contribution in [-0.2, 0) is 17.6 Å². The summed E-state index contributed by atoms with van der Waals surface area (Å²) < 4.78 is 5.65. The standard InChI is InChI=1S/C22H28N2O.C15H23NO2/c1-2-22(25)24(20-11-7-4-8-12-20)21-14-17-23(18-15-21)16-13-19-9-5-3-6-10-19;1-4-7-13-8-5-6-9-15(13)18-11-14(17)10-16-12(2)3/h3-12,21H,2,13-18H2,1H3;4-6,8-9,12,14,16-17H,1,7,10-11H2,2-3H3. The van der Waals surface area contributed by atoms with Crippen molar-refractivity contribution in [2.24, 2.45) is 0 Å². The van der Waals surface area contributed by atoms with Crippen molar-refractivity contribution in [2.45, 2.75) is 71.1 Å². The van der Waals surface area contributed by atoms with E-state index in [1.54, 1.807) is 0 Å². The van der Waals surface area contributed by atoms with E-state index in [2.05, 4.69) is 59.3 Å². The van der Waals surface area contributed by atoms with Crippen LogP contribution < -0.4 is 15.0 Å². The van der Waals surface area contributed by atoms with Crippen LogP contribution in [0, 0.1) is 0 Å². The first kappa shape index (κ1) is 34.0. The Labute approximate surface area is 259 Å². The summed E-state index contributed by atoms with van der Waals surface area (Å²) in [4.78, 5) is 17.1. The number of rotatable bonds is 14. The van der Waals surface area contributed by atoms with Crippen LogP contribution in [0.25, 0.3) is 0 Å². The number of carbonyl (C=O) groups is 1. The second kappa shape index (κ2) is 19.0. The minimum Gasteiger partial charge on any atom is -0.491 e. The van der Waals surface area contributed by atoms with E-state index >= 15 is 0 Å². The second-order valence-corrected chi connectivity index (χ2v) is 11.4. The molecule has 0 saturated carbocycles. The number of piperidine rings is 1. The monoisotopic (exact) mass is 585 g/mol. The molecule has 232 valence electrons. The van der Waals surface area contributed by atoms with Crippen LogP contribution in [0.4, 0.5) is 5.69 Å². The quantitative estimate of drug-likeness (QED) is 0.218. The Kier molecular flexibility index (Phi) is 15.0. The summed E-state index contributed by atoms with van der Waals surface area (Å²) >= 11 is 0. The molecule has 1 fully saturated rings. The Bertz CT molecular complexity index is 1190. The van der Waals surface area contributed by atoms with Crippen molar-refractivity contribution in [1.82, 2.24) is 10.2 Å². The number of ether oxygens (including phenoxy) is 1. The van der Waals surface area contributed by atoms with Gasteiger partial charge in [0, 0.05) is 50.4 Å². The summed E-state index contributed by atoms with van der Waals surface area (Å²) in [7, 11) is 0. The van der Waals surface area contributed by atoms with Gasteiger partial charge in [0.15, 0.2) is 0 Å². The minimum absolute atomic E-state index is 0.230. The zero-order chi connectivity index (χ0) is 30.9. The van der Waals surface area contributed by atoms with E-state index in [4.69, 9.17) is 4.74 Å². The molecule has 0 bridgehead atoms. The highest BCUT2D eigenvalue weighted by atomic mass is 16.5. The van der Waals surface area contributed by atoms with Gasteiger partial charge in [0.05, 0.1) is 0 Å². The van der Waals surface area contributed by atoms with E-state index < -0.39 is 6.10 Å². The predicted octanol–water partition coefficient (Wildman–Crippen LogP) is 6.29. The largest absolute Gasteiger partial charge is 0.491 e. The van der Waals surface area contributed by atoms with Crippen molar-refractivity contribution in [1.29, 1.82) is 0 Å². The number of allylic oxidation sites excluding steroid dienone is 1. The molecule has 6 nitrogen and oxygen atoms in total. The number of hydrogen-bond acceptors (Lipinski definition) is 5. The van der Waals surface area contributed by atoms with Crippen LogP contribution in [0.5, 0.6) is 5.75 Å². The maximum absolute atomic E-state index is 12.5. The number of para-hydroxylation sites is 2. The molecule has 4 rings (SSSR count). The molecular weight excluding hydrogens is 534 g/mol. The second-order valence-electron chi connectivity index (χ2n) is 11.4. The SMILES string of the molecule is C=CCc1ccccc1OCC(O)CNC(C)C.CCC(=O)N(c1ccccc1)C1CCN(CCc2ccccc2)CC1. The number of nitrogens with one attached hydrogen (secondary N) is 1. The number of amides is 1. The number of nitrogens with zero attached hydrogens (tertiary/aromatic N) is 2. The first-order valence-electron chi connectivity index (χ1n) is 15.8. The highest BCUT2D eigenvalue weighted by molar-refractivity contribution is 5.93. The molecule has 1 amide bonds. The fourth-order valence-corrected chi connectivity index (χ4v) is 5.24. The summed E-state index contributed by atoms with van der Waals surface area (Å²) in [5.74, 6) is 1.05. The van der Waals surface area contributed by atoms with E-state index in [0.717, 1.165) is 62.3 Å². The van der Waals surface area contributed by atoms with Crippen LogP contribution in [0.1, 0.15) is 51.2 Å². The predicted molar refractivity (Wildman–Crippen MR) is 179 cm³/mol. The van der Waals surface area contributed by atoms with Gasteiger partial charge in [0.25, 0.3) is 0 Å². The molecule has 1 heterocycles. The van der Waals surface area contributed by atoms with E-state index in [9.17, 15) is 9.90 Å². The maximum atomic E-state index is 12.5. The molecule has 1 aliphatic rings. The molecule has 43 heavy (non-hydrogen) atoms. The molecule has 0 spiro atoms. The van der Waals surface area contributed by atoms with Gasteiger partial charge in [-0.3, -0.25) is 4.79 Å². The number of carbonyl (C=O) groups excluding carboxylic acids is 1. The van der Waals surface area contributed by atoms with Gasteiger partial charge in [-0.1, -0.05) is 93.6 Å². The van der Waals surface area contributed by atoms with Crippen molar-refractivity contribution >= 4 is 11.6 Å². The molecule has 0 aromatic heterocycles. The average Bonchev–Trinajstić information content (AvgIpc) is 3.04. The molecular formula is C37H51N3O3. The third kappa shape index (κ3) is 12.0. The van der Waals surface area contributed by atoms with E-state index in [1.165, 1.54) is 5.56 Å². The topological polar surface area (TPSA) is 65.0 Å². The summed E-state index contributed by atoms with van der Waals surface area (Å²) in [6.45, 7) is 13.9. The molecule has 6 heteroatoms. The molecule has 1 atom stereocenters. The number of benzene rings is 3. The highest BCUT2D eigenvalue weighted by Crippen LogP contribution is 2.25. The number of anilines is 1. The summed E-state index contributed by atoms with van der Waals surface area (Å²) in [6.07, 6.45) is 5.88. The fraction of sp³-hybridized carbons (Fsp3) is 0.432. The van der Waals surface area contributed by atoms with Gasteiger partial charge >= 0.3 is 0 Å². The normalized spacial score (nSPS) is 14.4. The van der Waals surface area contributed by atoms with Crippen molar-refractivity contribution in [2.75, 3.05) is 37.7 Å². The van der Waals surface area contributed by atoms with Gasteiger partial charge in [-0.05, 0) is 55.0 Å². The van der Waals surface area contributed by atoms with Crippen LogP contribution in [0.3, 0.4) is 0 Å². The third-order valence-corrected chi connectivity index (χ3v) is 7.62. The molecule has 3 aromatic carbocycles. The molecule has 3 aromatic rings. The number of likely N-dealkylation sites (tertiary alicyclic amines) is 1. The summed E-state index contributed by atoms with van der Waals surface area (Å²) in [5, 5.41) is 12.9. The Hall–Kier alpha value is -3.45. The van der Waals surface area contributed by atoms with Crippen molar-refractivity contribution in [3.8, 4) is 5.75 Å². The highest BCUT2D eigenvalue weighted by Gasteiger charge is 2.28. The molecule has 1 saturated heterocycles. The van der Waals surface area contributed by atoms with Crippen LogP contribution in [-0.4, -0.2) is 66.9 Å². The average molecular weight is 586 g/mol. The smallest absolute Gasteiger partial charge is 0.226 e. The molecule has 2 N–H and O–H groups in total. The van der Waals surface area contributed by atoms with Gasteiger partial charge in [-0.25, -0.2) is 0 Å². The lowest BCUT2D eigenvalue weighted by molar-refractivity contribution is -0.119. The van der Waals surface area contributed by atoms with Crippen molar-refractivity contribution in [3.05, 3.63) is 109 Å². The Balaban J connectivity index is 0.000000250. The van der Waals surface area contributed by atoms with E-state index in [1.807, 2.05) is 74.2 Å². The lowest BCUT2D eigenvalue weighted by Crippen LogP contribution is -2.47. The van der Waals surface area contributed by atoms with Gasteiger partial charge in [-0.2, -0.15) is 0 Å².